The van der Waals surface area contributed by atoms with Gasteiger partial charge in [0.15, 0.2) is 0 Å². The van der Waals surface area contributed by atoms with Crippen molar-refractivity contribution < 1.29 is 18.7 Å². The van der Waals surface area contributed by atoms with Crippen LogP contribution in [-0.2, 0) is 0 Å². The van der Waals surface area contributed by atoms with Gasteiger partial charge < -0.3 is 15.0 Å². The van der Waals surface area contributed by atoms with Crippen LogP contribution in [0.3, 0.4) is 0 Å². The molecule has 2 aliphatic rings. The van der Waals surface area contributed by atoms with Crippen LogP contribution in [-0.4, -0.2) is 46.0 Å². The van der Waals surface area contributed by atoms with Gasteiger partial charge in [0.1, 0.15) is 0 Å². The van der Waals surface area contributed by atoms with Crippen LogP contribution < -0.4 is 0 Å². The molecule has 0 bridgehead atoms. The summed E-state index contributed by atoms with van der Waals surface area (Å²) >= 11 is 0. The molecule has 4 nitrogen and oxygen atoms in total. The molecule has 1 atom stereocenters. The Morgan fingerprint density at radius 1 is 1.53 bits per heavy atom. The molecule has 1 saturated heterocycles. The maximum atomic E-state index is 13.4. The number of carbonyl (C=O) groups is 1. The number of aliphatic hydroxyl groups excluding tert-OH is 1. The van der Waals surface area contributed by atoms with Gasteiger partial charge in [-0.2, -0.15) is 0 Å². The number of aliphatic hydroxyl groups is 1. The predicted molar refractivity (Wildman–Crippen MR) is 64.2 cm³/mol. The zero-order chi connectivity index (χ0) is 13.6. The smallest absolute Gasteiger partial charge is 0.267 e. The van der Waals surface area contributed by atoms with Crippen molar-refractivity contribution in [3.8, 4) is 0 Å². The van der Waals surface area contributed by atoms with Crippen LogP contribution in [0.1, 0.15) is 41.2 Å². The summed E-state index contributed by atoms with van der Waals surface area (Å²) < 4.78 is 26.8. The lowest BCUT2D eigenvalue weighted by molar-refractivity contribution is 0.0116. The molecule has 1 aromatic rings. The first-order valence-corrected chi connectivity index (χ1v) is 6.49. The lowest BCUT2D eigenvalue weighted by atomic mass is 10.1. The minimum atomic E-state index is -2.90. The number of alkyl halides is 2. The van der Waals surface area contributed by atoms with Crippen LogP contribution in [0.5, 0.6) is 0 Å². The number of hydrogen-bond acceptors (Lipinski definition) is 2. The number of rotatable bonds is 3. The molecular weight excluding hydrogens is 254 g/mol. The van der Waals surface area contributed by atoms with Crippen molar-refractivity contribution in [1.29, 1.82) is 0 Å². The molecule has 104 valence electrons. The number of likely N-dealkylation sites (tertiary alicyclic amines) is 1. The highest BCUT2D eigenvalue weighted by Gasteiger charge is 2.47. The number of nitrogens with zero attached hydrogens (tertiary/aromatic N) is 1. The van der Waals surface area contributed by atoms with E-state index < -0.39 is 37.4 Å². The molecule has 1 aliphatic carbocycles. The first kappa shape index (κ1) is 12.6. The molecule has 1 saturated carbocycles. The fourth-order valence-electron chi connectivity index (χ4n) is 2.73. The number of nitrogens with one attached hydrogen (secondary N) is 1. The fraction of sp³-hybridized carbons (Fsp3) is 0.615. The summed E-state index contributed by atoms with van der Waals surface area (Å²) in [6.45, 7) is -1.03. The summed E-state index contributed by atoms with van der Waals surface area (Å²) in [7, 11) is 0. The van der Waals surface area contributed by atoms with Crippen molar-refractivity contribution in [2.24, 2.45) is 0 Å². The number of halogens is 2. The zero-order valence-corrected chi connectivity index (χ0v) is 10.4. The van der Waals surface area contributed by atoms with Crippen LogP contribution in [0.15, 0.2) is 12.3 Å². The van der Waals surface area contributed by atoms with Crippen molar-refractivity contribution in [3.63, 3.8) is 0 Å². The van der Waals surface area contributed by atoms with Gasteiger partial charge in [-0.15, -0.1) is 0 Å². The van der Waals surface area contributed by atoms with E-state index in [9.17, 15) is 18.7 Å². The number of aromatic nitrogens is 1. The Morgan fingerprint density at radius 3 is 2.89 bits per heavy atom. The Morgan fingerprint density at radius 2 is 2.26 bits per heavy atom. The van der Waals surface area contributed by atoms with Gasteiger partial charge in [0.2, 0.25) is 0 Å². The van der Waals surface area contributed by atoms with Gasteiger partial charge in [0.25, 0.3) is 11.8 Å². The van der Waals surface area contributed by atoms with Gasteiger partial charge in [-0.25, -0.2) is 8.78 Å². The number of carbonyl (C=O) groups excluding carboxylic acids is 1. The standard InChI is InChI=1S/C13H16F2N2O2/c14-13(15)5-9(6-18)17(7-13)12(19)10-3-4-16-11(10)8-1-2-8/h3-4,8-9,16,18H,1-2,5-7H2. The van der Waals surface area contributed by atoms with Crippen LogP contribution in [0.25, 0.3) is 0 Å². The van der Waals surface area contributed by atoms with Gasteiger partial charge in [-0.05, 0) is 24.8 Å². The maximum absolute atomic E-state index is 13.4. The van der Waals surface area contributed by atoms with Gasteiger partial charge in [0, 0.05) is 18.3 Å². The average Bonchev–Trinajstić information content (AvgIpc) is 3.00. The Balaban J connectivity index is 1.84. The zero-order valence-electron chi connectivity index (χ0n) is 10.4. The second-order valence-corrected chi connectivity index (χ2v) is 5.41. The Bertz CT molecular complexity index is 497. The monoisotopic (exact) mass is 270 g/mol. The van der Waals surface area contributed by atoms with E-state index in [4.69, 9.17) is 0 Å². The second-order valence-electron chi connectivity index (χ2n) is 5.41. The molecule has 2 heterocycles. The fourth-order valence-corrected chi connectivity index (χ4v) is 2.73. The lowest BCUT2D eigenvalue weighted by Gasteiger charge is -2.22. The van der Waals surface area contributed by atoms with E-state index in [1.807, 2.05) is 0 Å². The van der Waals surface area contributed by atoms with Crippen molar-refractivity contribution in [3.05, 3.63) is 23.5 Å². The van der Waals surface area contributed by atoms with E-state index >= 15 is 0 Å². The van der Waals surface area contributed by atoms with E-state index in [2.05, 4.69) is 4.98 Å². The number of amides is 1. The molecule has 1 amide bonds. The second kappa shape index (κ2) is 4.30. The first-order valence-electron chi connectivity index (χ1n) is 6.49. The van der Waals surface area contributed by atoms with Crippen LogP contribution in [0.4, 0.5) is 8.78 Å². The molecule has 19 heavy (non-hydrogen) atoms. The topological polar surface area (TPSA) is 56.3 Å². The van der Waals surface area contributed by atoms with Crippen molar-refractivity contribution in [2.75, 3.05) is 13.2 Å². The number of aromatic amines is 1. The SMILES string of the molecule is O=C(c1cc[nH]c1C1CC1)N1CC(F)(F)CC1CO. The summed E-state index contributed by atoms with van der Waals surface area (Å²) in [5, 5.41) is 9.17. The molecule has 2 fully saturated rings. The largest absolute Gasteiger partial charge is 0.394 e. The summed E-state index contributed by atoms with van der Waals surface area (Å²) in [4.78, 5) is 16.5. The van der Waals surface area contributed by atoms with E-state index in [-0.39, 0.29) is 0 Å². The normalized spacial score (nSPS) is 25.8. The predicted octanol–water partition coefficient (Wildman–Crippen LogP) is 1.73. The quantitative estimate of drug-likeness (QED) is 0.879. The summed E-state index contributed by atoms with van der Waals surface area (Å²) in [6, 6.07) is 0.852. The molecule has 0 radical (unpaired) electrons. The van der Waals surface area contributed by atoms with E-state index in [0.717, 1.165) is 23.4 Å². The van der Waals surface area contributed by atoms with Crippen molar-refractivity contribution in [1.82, 2.24) is 9.88 Å². The van der Waals surface area contributed by atoms with E-state index in [0.29, 0.717) is 11.5 Å². The van der Waals surface area contributed by atoms with Crippen LogP contribution in [0.2, 0.25) is 0 Å². The third-order valence-electron chi connectivity index (χ3n) is 3.84. The Labute approximate surface area is 109 Å². The highest BCUT2D eigenvalue weighted by molar-refractivity contribution is 5.96. The van der Waals surface area contributed by atoms with Crippen LogP contribution in [0, 0.1) is 0 Å². The molecule has 1 aromatic heterocycles. The van der Waals surface area contributed by atoms with Gasteiger partial charge >= 0.3 is 0 Å². The van der Waals surface area contributed by atoms with Crippen molar-refractivity contribution >= 4 is 5.91 Å². The van der Waals surface area contributed by atoms with Gasteiger partial charge in [0.05, 0.1) is 24.8 Å². The molecule has 1 unspecified atom stereocenters. The third-order valence-corrected chi connectivity index (χ3v) is 3.84. The molecule has 1 aliphatic heterocycles. The Hall–Kier alpha value is -1.43. The molecule has 0 spiro atoms. The highest BCUT2D eigenvalue weighted by atomic mass is 19.3. The molecule has 3 rings (SSSR count). The average molecular weight is 270 g/mol. The highest BCUT2D eigenvalue weighted by Crippen LogP contribution is 2.41. The molecule has 0 aromatic carbocycles. The lowest BCUT2D eigenvalue weighted by Crippen LogP contribution is -2.38. The molecule has 6 heteroatoms. The maximum Gasteiger partial charge on any atom is 0.267 e. The minimum absolute atomic E-state index is 0.352. The van der Waals surface area contributed by atoms with E-state index in [1.54, 1.807) is 12.3 Å². The third kappa shape index (κ3) is 2.25. The van der Waals surface area contributed by atoms with Crippen molar-refractivity contribution in [2.45, 2.75) is 37.1 Å². The van der Waals surface area contributed by atoms with E-state index in [1.165, 1.54) is 0 Å². The first-order chi connectivity index (χ1) is 9.02. The summed E-state index contributed by atoms with van der Waals surface area (Å²) in [5.41, 5.74) is 1.32. The Kier molecular flexibility index (Phi) is 2.85. The minimum Gasteiger partial charge on any atom is -0.394 e. The summed E-state index contributed by atoms with van der Waals surface area (Å²) in [5.74, 6) is -2.96. The molecule has 2 N–H and O–H groups in total. The molecular formula is C13H16F2N2O2. The number of H-pyrrole nitrogens is 1. The van der Waals surface area contributed by atoms with Crippen LogP contribution >= 0.6 is 0 Å². The summed E-state index contributed by atoms with van der Waals surface area (Å²) in [6.07, 6.45) is 3.27. The number of hydrogen-bond donors (Lipinski definition) is 2. The van der Waals surface area contributed by atoms with Gasteiger partial charge in [-0.1, -0.05) is 0 Å². The van der Waals surface area contributed by atoms with Gasteiger partial charge in [-0.3, -0.25) is 4.79 Å².